The van der Waals surface area contributed by atoms with Crippen LogP contribution in [0.5, 0.6) is 0 Å². The molecule has 0 amide bonds. The van der Waals surface area contributed by atoms with E-state index < -0.39 is 0 Å². The van der Waals surface area contributed by atoms with Gasteiger partial charge in [0.15, 0.2) is 5.82 Å². The Morgan fingerprint density at radius 2 is 2.18 bits per heavy atom. The molecule has 2 aromatic heterocycles. The van der Waals surface area contributed by atoms with Gasteiger partial charge in [0.05, 0.1) is 14.4 Å². The molecule has 0 saturated carbocycles. The summed E-state index contributed by atoms with van der Waals surface area (Å²) in [6, 6.07) is 3.89. The van der Waals surface area contributed by atoms with Crippen LogP contribution in [0.25, 0.3) is 10.7 Å². The number of hydrogen-bond acceptors (Lipinski definition) is 3. The Morgan fingerprint density at radius 1 is 1.41 bits per heavy atom. The summed E-state index contributed by atoms with van der Waals surface area (Å²) in [6.45, 7) is 2.07. The quantitative estimate of drug-likeness (QED) is 0.879. The van der Waals surface area contributed by atoms with Gasteiger partial charge in [-0.3, -0.25) is 4.79 Å². The Balaban J connectivity index is 2.52. The Hall–Kier alpha value is -0.460. The number of aryl methyl sites for hydroxylation is 1. The number of aromatic amines is 1. The number of H-pyrrole nitrogens is 1. The third-order valence-electron chi connectivity index (χ3n) is 2.22. The summed E-state index contributed by atoms with van der Waals surface area (Å²) in [6.07, 6.45) is 1.76. The predicted molar refractivity (Wildman–Crippen MR) is 77.6 cm³/mol. The largest absolute Gasteiger partial charge is 0.305 e. The zero-order chi connectivity index (χ0) is 12.4. The number of nitrogens with zero attached hydrogens (tertiary/aromatic N) is 1. The van der Waals surface area contributed by atoms with Crippen LogP contribution in [0.3, 0.4) is 0 Å². The topological polar surface area (TPSA) is 45.8 Å². The van der Waals surface area contributed by atoms with Crippen molar-refractivity contribution in [2.75, 3.05) is 0 Å². The second-order valence-corrected chi connectivity index (χ2v) is 6.78. The lowest BCUT2D eigenvalue weighted by atomic mass is 10.2. The third-order valence-corrected chi connectivity index (χ3v) is 4.67. The predicted octanol–water partition coefficient (Wildman–Crippen LogP) is 3.98. The Bertz CT molecular complexity index is 591. The molecule has 1 N–H and O–H groups in total. The van der Waals surface area contributed by atoms with Gasteiger partial charge < -0.3 is 4.98 Å². The van der Waals surface area contributed by atoms with Crippen LogP contribution in [-0.2, 0) is 6.42 Å². The van der Waals surface area contributed by atoms with Gasteiger partial charge in [-0.25, -0.2) is 4.98 Å². The Labute approximate surface area is 120 Å². The van der Waals surface area contributed by atoms with Crippen LogP contribution in [0.1, 0.15) is 19.0 Å². The normalized spacial score (nSPS) is 10.8. The summed E-state index contributed by atoms with van der Waals surface area (Å²) in [7, 11) is 0. The van der Waals surface area contributed by atoms with Gasteiger partial charge >= 0.3 is 0 Å². The van der Waals surface area contributed by atoms with Crippen LogP contribution in [-0.4, -0.2) is 9.97 Å². The molecule has 0 saturated heterocycles. The molecule has 3 nitrogen and oxygen atoms in total. The van der Waals surface area contributed by atoms with E-state index in [-0.39, 0.29) is 5.56 Å². The van der Waals surface area contributed by atoms with E-state index >= 15 is 0 Å². The van der Waals surface area contributed by atoms with Crippen LogP contribution in [0, 0.1) is 0 Å². The molecule has 0 aliphatic carbocycles. The summed E-state index contributed by atoms with van der Waals surface area (Å²) in [4.78, 5) is 20.0. The van der Waals surface area contributed by atoms with Gasteiger partial charge in [0.25, 0.3) is 5.56 Å². The molecule has 2 heterocycles. The van der Waals surface area contributed by atoms with Crippen molar-refractivity contribution in [3.8, 4) is 10.7 Å². The molecule has 2 rings (SSSR count). The van der Waals surface area contributed by atoms with Crippen molar-refractivity contribution in [2.24, 2.45) is 0 Å². The number of thiophene rings is 1. The number of rotatable bonds is 3. The summed E-state index contributed by atoms with van der Waals surface area (Å²) in [5, 5.41) is 0. The first-order chi connectivity index (χ1) is 8.11. The van der Waals surface area contributed by atoms with Crippen molar-refractivity contribution >= 4 is 43.2 Å². The van der Waals surface area contributed by atoms with Gasteiger partial charge in [0.2, 0.25) is 0 Å². The van der Waals surface area contributed by atoms with Crippen molar-refractivity contribution < 1.29 is 0 Å². The van der Waals surface area contributed by atoms with Gasteiger partial charge in [-0.2, -0.15) is 0 Å². The molecule has 0 aliphatic heterocycles. The molecule has 2 aromatic rings. The minimum Gasteiger partial charge on any atom is -0.305 e. The van der Waals surface area contributed by atoms with E-state index in [2.05, 4.69) is 48.8 Å². The maximum absolute atomic E-state index is 11.8. The molecule has 0 aromatic carbocycles. The van der Waals surface area contributed by atoms with Gasteiger partial charge in [0.1, 0.15) is 4.47 Å². The van der Waals surface area contributed by atoms with Gasteiger partial charge in [-0.15, -0.1) is 11.3 Å². The molecule has 0 radical (unpaired) electrons. The number of halogens is 2. The van der Waals surface area contributed by atoms with E-state index in [9.17, 15) is 4.79 Å². The lowest BCUT2D eigenvalue weighted by molar-refractivity contribution is 0.862. The molecule has 0 bridgehead atoms. The highest BCUT2D eigenvalue weighted by atomic mass is 79.9. The van der Waals surface area contributed by atoms with Gasteiger partial charge in [0, 0.05) is 0 Å². The first-order valence-electron chi connectivity index (χ1n) is 5.16. The summed E-state index contributed by atoms with van der Waals surface area (Å²) >= 11 is 8.23. The lowest BCUT2D eigenvalue weighted by Gasteiger charge is -2.04. The maximum Gasteiger partial charge on any atom is 0.265 e. The zero-order valence-corrected chi connectivity index (χ0v) is 13.1. The average molecular weight is 378 g/mol. The lowest BCUT2D eigenvalue weighted by Crippen LogP contribution is -2.13. The highest BCUT2D eigenvalue weighted by molar-refractivity contribution is 9.11. The van der Waals surface area contributed by atoms with Crippen LogP contribution in [0.2, 0.25) is 0 Å². The van der Waals surface area contributed by atoms with E-state index in [1.165, 1.54) is 0 Å². The van der Waals surface area contributed by atoms with E-state index in [1.54, 1.807) is 11.3 Å². The van der Waals surface area contributed by atoms with E-state index in [4.69, 9.17) is 0 Å². The van der Waals surface area contributed by atoms with Crippen molar-refractivity contribution in [3.63, 3.8) is 0 Å². The Morgan fingerprint density at radius 3 is 2.76 bits per heavy atom. The van der Waals surface area contributed by atoms with E-state index in [0.29, 0.717) is 10.3 Å². The van der Waals surface area contributed by atoms with Crippen molar-refractivity contribution in [1.29, 1.82) is 0 Å². The van der Waals surface area contributed by atoms with Crippen molar-refractivity contribution in [2.45, 2.75) is 19.8 Å². The first-order valence-corrected chi connectivity index (χ1v) is 7.56. The van der Waals surface area contributed by atoms with Crippen molar-refractivity contribution in [3.05, 3.63) is 36.4 Å². The molecule has 0 atom stereocenters. The molecular weight excluding hydrogens is 368 g/mol. The molecule has 0 aliphatic rings. The van der Waals surface area contributed by atoms with Crippen LogP contribution in [0.15, 0.2) is 25.2 Å². The number of aromatic nitrogens is 2. The van der Waals surface area contributed by atoms with Gasteiger partial charge in [-0.1, -0.05) is 13.3 Å². The zero-order valence-electron chi connectivity index (χ0n) is 9.09. The minimum atomic E-state index is -0.122. The molecule has 90 valence electrons. The molecule has 17 heavy (non-hydrogen) atoms. The van der Waals surface area contributed by atoms with E-state index in [0.717, 1.165) is 27.2 Å². The SMILES string of the molecule is CCCc1nc(-c2ccc(Br)s2)[nH]c(=O)c1Br. The van der Waals surface area contributed by atoms with Crippen LogP contribution in [0.4, 0.5) is 0 Å². The Kier molecular flexibility index (Phi) is 4.17. The molecule has 6 heteroatoms. The van der Waals surface area contributed by atoms with Crippen LogP contribution >= 0.6 is 43.2 Å². The minimum absolute atomic E-state index is 0.122. The average Bonchev–Trinajstić information content (AvgIpc) is 2.71. The number of nitrogens with one attached hydrogen (secondary N) is 1. The standard InChI is InChI=1S/C11H10Br2N2OS/c1-2-3-6-9(13)11(16)15-10(14-6)7-4-5-8(12)17-7/h4-5H,2-3H2,1H3,(H,14,15,16). The summed E-state index contributed by atoms with van der Waals surface area (Å²) < 4.78 is 1.56. The fourth-order valence-electron chi connectivity index (χ4n) is 1.47. The summed E-state index contributed by atoms with van der Waals surface area (Å²) in [5.74, 6) is 0.636. The fourth-order valence-corrected chi connectivity index (χ4v) is 3.18. The van der Waals surface area contributed by atoms with E-state index in [1.807, 2.05) is 12.1 Å². The molecule has 0 unspecified atom stereocenters. The second-order valence-electron chi connectivity index (χ2n) is 3.53. The monoisotopic (exact) mass is 376 g/mol. The third kappa shape index (κ3) is 2.86. The summed E-state index contributed by atoms with van der Waals surface area (Å²) in [5.41, 5.74) is 0.693. The number of hydrogen-bond donors (Lipinski definition) is 1. The van der Waals surface area contributed by atoms with Gasteiger partial charge in [-0.05, 0) is 50.4 Å². The maximum atomic E-state index is 11.8. The molecular formula is C11H10Br2N2OS. The first kappa shape index (κ1) is 13.0. The molecule has 0 spiro atoms. The fraction of sp³-hybridized carbons (Fsp3) is 0.273. The smallest absolute Gasteiger partial charge is 0.265 e. The van der Waals surface area contributed by atoms with Crippen molar-refractivity contribution in [1.82, 2.24) is 9.97 Å². The van der Waals surface area contributed by atoms with Crippen LogP contribution < -0.4 is 5.56 Å². The molecule has 0 fully saturated rings. The second kappa shape index (κ2) is 5.46. The highest BCUT2D eigenvalue weighted by Gasteiger charge is 2.10. The highest BCUT2D eigenvalue weighted by Crippen LogP contribution is 2.29.